The van der Waals surface area contributed by atoms with Gasteiger partial charge in [-0.15, -0.1) is 0 Å². The lowest BCUT2D eigenvalue weighted by molar-refractivity contribution is 1.34. The van der Waals surface area contributed by atoms with Crippen LogP contribution in [-0.4, -0.2) is 9.97 Å². The molecule has 0 N–H and O–H groups in total. The first-order chi connectivity index (χ1) is 5.77. The Morgan fingerprint density at radius 3 is 2.92 bits per heavy atom. The Morgan fingerprint density at radius 1 is 1.25 bits per heavy atom. The van der Waals surface area contributed by atoms with Crippen molar-refractivity contribution < 1.29 is 0 Å². The molecule has 0 radical (unpaired) electrons. The monoisotopic (exact) mass is 198 g/mol. The molecule has 2 rings (SSSR count). The maximum absolute atomic E-state index is 5.88. The third-order valence-corrected chi connectivity index (χ3v) is 1.97. The van der Waals surface area contributed by atoms with E-state index in [1.807, 2.05) is 6.07 Å². The molecule has 4 heteroatoms. The molecular weight excluding hydrogens is 195 g/mol. The van der Waals surface area contributed by atoms with Crippen molar-refractivity contribution in [1.82, 2.24) is 9.97 Å². The van der Waals surface area contributed by atoms with Crippen molar-refractivity contribution in [2.45, 2.75) is 0 Å². The topological polar surface area (TPSA) is 25.8 Å². The van der Waals surface area contributed by atoms with E-state index >= 15 is 0 Å². The molecule has 0 atom stereocenters. The van der Waals surface area contributed by atoms with Gasteiger partial charge in [-0.3, -0.25) is 4.98 Å². The summed E-state index contributed by atoms with van der Waals surface area (Å²) in [7, 11) is 0. The number of pyridine rings is 2. The molecule has 0 aromatic carbocycles. The molecule has 0 bridgehead atoms. The Hall–Kier alpha value is -0.860. The number of hydrogen-bond donors (Lipinski definition) is 0. The van der Waals surface area contributed by atoms with E-state index in [4.69, 9.17) is 23.2 Å². The Labute approximate surface area is 79.2 Å². The van der Waals surface area contributed by atoms with Crippen LogP contribution in [0.25, 0.3) is 11.0 Å². The van der Waals surface area contributed by atoms with Crippen LogP contribution in [0, 0.1) is 0 Å². The highest BCUT2D eigenvalue weighted by molar-refractivity contribution is 6.37. The minimum Gasteiger partial charge on any atom is -0.253 e. The Bertz CT molecular complexity index is 428. The van der Waals surface area contributed by atoms with E-state index in [0.29, 0.717) is 15.7 Å². The first-order valence-corrected chi connectivity index (χ1v) is 4.10. The van der Waals surface area contributed by atoms with Gasteiger partial charge in [0.25, 0.3) is 0 Å². The second-order valence-electron chi connectivity index (χ2n) is 2.30. The van der Waals surface area contributed by atoms with Crippen LogP contribution >= 0.6 is 23.2 Å². The van der Waals surface area contributed by atoms with Crippen molar-refractivity contribution in [3.63, 3.8) is 0 Å². The van der Waals surface area contributed by atoms with Gasteiger partial charge in [0.15, 0.2) is 0 Å². The first kappa shape index (κ1) is 7.77. The largest absolute Gasteiger partial charge is 0.253 e. The second kappa shape index (κ2) is 2.88. The molecule has 0 saturated heterocycles. The smallest absolute Gasteiger partial charge is 0.131 e. The summed E-state index contributed by atoms with van der Waals surface area (Å²) in [6.07, 6.45) is 1.67. The van der Waals surface area contributed by atoms with Gasteiger partial charge in [-0.25, -0.2) is 4.98 Å². The van der Waals surface area contributed by atoms with E-state index in [2.05, 4.69) is 9.97 Å². The van der Waals surface area contributed by atoms with E-state index in [1.54, 1.807) is 18.3 Å². The quantitative estimate of drug-likeness (QED) is 0.609. The van der Waals surface area contributed by atoms with Crippen LogP contribution in [0.4, 0.5) is 0 Å². The Morgan fingerprint density at radius 2 is 2.08 bits per heavy atom. The third-order valence-electron chi connectivity index (χ3n) is 1.49. The minimum atomic E-state index is 0.389. The van der Waals surface area contributed by atoms with Crippen molar-refractivity contribution >= 4 is 34.2 Å². The Balaban J connectivity index is 2.89. The number of aromatic nitrogens is 2. The van der Waals surface area contributed by atoms with Crippen LogP contribution in [0.2, 0.25) is 10.2 Å². The van der Waals surface area contributed by atoms with Gasteiger partial charge in [0, 0.05) is 6.20 Å². The molecule has 2 nitrogen and oxygen atoms in total. The average Bonchev–Trinajstić information content (AvgIpc) is 2.04. The number of nitrogens with zero attached hydrogens (tertiary/aromatic N) is 2. The van der Waals surface area contributed by atoms with Crippen LogP contribution < -0.4 is 0 Å². The molecule has 2 heterocycles. The van der Waals surface area contributed by atoms with Gasteiger partial charge in [0.1, 0.15) is 10.7 Å². The first-order valence-electron chi connectivity index (χ1n) is 3.34. The molecule has 0 spiro atoms. The van der Waals surface area contributed by atoms with Gasteiger partial charge in [0.05, 0.1) is 10.5 Å². The van der Waals surface area contributed by atoms with E-state index < -0.39 is 0 Å². The SMILES string of the molecule is Clc1cc(Cl)c2ncccc2n1. The number of rotatable bonds is 0. The number of hydrogen-bond acceptors (Lipinski definition) is 2. The zero-order valence-corrected chi connectivity index (χ0v) is 7.47. The molecule has 60 valence electrons. The lowest BCUT2D eigenvalue weighted by Crippen LogP contribution is -1.83. The van der Waals surface area contributed by atoms with Gasteiger partial charge in [-0.05, 0) is 18.2 Å². The summed E-state index contributed by atoms with van der Waals surface area (Å²) in [5, 5.41) is 0.922. The lowest BCUT2D eigenvalue weighted by atomic mass is 10.3. The average molecular weight is 199 g/mol. The lowest BCUT2D eigenvalue weighted by Gasteiger charge is -1.97. The van der Waals surface area contributed by atoms with Gasteiger partial charge in [0.2, 0.25) is 0 Å². The molecule has 2 aromatic heterocycles. The van der Waals surface area contributed by atoms with Gasteiger partial charge in [-0.2, -0.15) is 0 Å². The predicted molar refractivity (Wildman–Crippen MR) is 49.6 cm³/mol. The standard InChI is InChI=1S/C8H4Cl2N2/c9-5-4-7(10)12-6-2-1-3-11-8(5)6/h1-4H. The molecule has 0 fully saturated rings. The molecule has 0 aliphatic heterocycles. The molecule has 12 heavy (non-hydrogen) atoms. The van der Waals surface area contributed by atoms with E-state index in [1.165, 1.54) is 0 Å². The van der Waals surface area contributed by atoms with Crippen LogP contribution in [-0.2, 0) is 0 Å². The van der Waals surface area contributed by atoms with Crippen LogP contribution in [0.5, 0.6) is 0 Å². The highest BCUT2D eigenvalue weighted by Crippen LogP contribution is 2.22. The molecule has 0 aliphatic carbocycles. The fourth-order valence-electron chi connectivity index (χ4n) is 0.991. The highest BCUT2D eigenvalue weighted by atomic mass is 35.5. The van der Waals surface area contributed by atoms with E-state index in [-0.39, 0.29) is 0 Å². The number of fused-ring (bicyclic) bond motifs is 1. The number of halogens is 2. The van der Waals surface area contributed by atoms with Gasteiger partial charge in [-0.1, -0.05) is 23.2 Å². The molecule has 0 unspecified atom stereocenters. The third kappa shape index (κ3) is 1.24. The van der Waals surface area contributed by atoms with Crippen molar-refractivity contribution in [2.75, 3.05) is 0 Å². The highest BCUT2D eigenvalue weighted by Gasteiger charge is 2.01. The van der Waals surface area contributed by atoms with Crippen molar-refractivity contribution in [3.05, 3.63) is 34.6 Å². The molecule has 0 saturated carbocycles. The fourth-order valence-corrected chi connectivity index (χ4v) is 1.50. The summed E-state index contributed by atoms with van der Waals surface area (Å²) in [6, 6.07) is 5.19. The van der Waals surface area contributed by atoms with Crippen LogP contribution in [0.15, 0.2) is 24.4 Å². The van der Waals surface area contributed by atoms with Gasteiger partial charge < -0.3 is 0 Å². The summed E-state index contributed by atoms with van der Waals surface area (Å²) in [6.45, 7) is 0. The minimum absolute atomic E-state index is 0.389. The predicted octanol–water partition coefficient (Wildman–Crippen LogP) is 2.94. The summed E-state index contributed by atoms with van der Waals surface area (Å²) < 4.78 is 0. The normalized spacial score (nSPS) is 10.5. The zero-order chi connectivity index (χ0) is 8.55. The summed E-state index contributed by atoms with van der Waals surface area (Å²) in [4.78, 5) is 8.12. The molecule has 2 aromatic rings. The maximum atomic E-state index is 5.88. The van der Waals surface area contributed by atoms with E-state index in [0.717, 1.165) is 5.52 Å². The maximum Gasteiger partial charge on any atom is 0.131 e. The van der Waals surface area contributed by atoms with Crippen molar-refractivity contribution in [2.24, 2.45) is 0 Å². The molecule has 0 aliphatic rings. The Kier molecular flexibility index (Phi) is 1.87. The fraction of sp³-hybridized carbons (Fsp3) is 0. The zero-order valence-electron chi connectivity index (χ0n) is 5.96. The van der Waals surface area contributed by atoms with Crippen molar-refractivity contribution in [1.29, 1.82) is 0 Å². The van der Waals surface area contributed by atoms with Crippen molar-refractivity contribution in [3.8, 4) is 0 Å². The summed E-state index contributed by atoms with van der Waals surface area (Å²) in [5.74, 6) is 0. The van der Waals surface area contributed by atoms with E-state index in [9.17, 15) is 0 Å². The summed E-state index contributed by atoms with van der Waals surface area (Å²) in [5.41, 5.74) is 1.40. The summed E-state index contributed by atoms with van der Waals surface area (Å²) >= 11 is 11.6. The van der Waals surface area contributed by atoms with Gasteiger partial charge >= 0.3 is 0 Å². The second-order valence-corrected chi connectivity index (χ2v) is 3.09. The molecular formula is C8H4Cl2N2. The van der Waals surface area contributed by atoms with Crippen LogP contribution in [0.3, 0.4) is 0 Å². The van der Waals surface area contributed by atoms with Crippen LogP contribution in [0.1, 0.15) is 0 Å². The molecule has 0 amide bonds.